The molecule has 7 heteroatoms. The normalized spacial score (nSPS) is 23.1. The van der Waals surface area contributed by atoms with E-state index in [0.29, 0.717) is 17.8 Å². The number of anilines is 1. The molecule has 3 aromatic rings. The highest BCUT2D eigenvalue weighted by molar-refractivity contribution is 5.95. The van der Waals surface area contributed by atoms with Gasteiger partial charge in [0.05, 0.1) is 11.4 Å². The lowest BCUT2D eigenvalue weighted by molar-refractivity contribution is 0.562. The predicted octanol–water partition coefficient (Wildman–Crippen LogP) is 6.49. The Bertz CT molecular complexity index is 1560. The van der Waals surface area contributed by atoms with Crippen molar-refractivity contribution < 1.29 is 1.43 Å². The van der Waals surface area contributed by atoms with Crippen LogP contribution in [0.2, 0.25) is 0 Å². The van der Waals surface area contributed by atoms with Gasteiger partial charge in [-0.25, -0.2) is 0 Å². The highest BCUT2D eigenvalue weighted by Gasteiger charge is 2.59. The quantitative estimate of drug-likeness (QED) is 0.282. The minimum atomic E-state index is -0.266. The third kappa shape index (κ3) is 5.18. The molecule has 2 N–H and O–H groups in total. The van der Waals surface area contributed by atoms with E-state index in [-0.39, 0.29) is 7.09 Å². The van der Waals surface area contributed by atoms with Crippen LogP contribution in [-0.4, -0.2) is 38.0 Å². The van der Waals surface area contributed by atoms with Gasteiger partial charge in [0.1, 0.15) is 11.5 Å². The molecule has 0 radical (unpaired) electrons. The Morgan fingerprint density at radius 3 is 2.85 bits per heavy atom. The molecule has 216 valence electrons. The van der Waals surface area contributed by atoms with E-state index in [0.717, 1.165) is 50.2 Å². The molecule has 7 nitrogen and oxygen atoms in total. The number of hydrogen-bond acceptors (Lipinski definition) is 5. The van der Waals surface area contributed by atoms with E-state index in [4.69, 9.17) is 10.1 Å². The number of aliphatic imine (C=N–C) groups is 1. The molecule has 1 aromatic carbocycles. The molecular formula is C34H45N7. The number of allylic oxidation sites excluding steroid dienone is 4. The zero-order valence-corrected chi connectivity index (χ0v) is 25.1. The number of aryl methyl sites for hydroxylation is 3. The summed E-state index contributed by atoms with van der Waals surface area (Å²) in [5.74, 6) is 2.31. The summed E-state index contributed by atoms with van der Waals surface area (Å²) < 4.78 is 4.08. The summed E-state index contributed by atoms with van der Waals surface area (Å²) in [6, 6.07) is 10.9. The molecule has 0 bridgehead atoms. The van der Waals surface area contributed by atoms with E-state index >= 15 is 0 Å². The van der Waals surface area contributed by atoms with Crippen LogP contribution in [-0.2, 0) is 26.4 Å². The molecule has 2 aromatic heterocycles. The van der Waals surface area contributed by atoms with E-state index < -0.39 is 0 Å². The maximum absolute atomic E-state index is 5.17. The van der Waals surface area contributed by atoms with Crippen molar-refractivity contribution in [3.8, 4) is 0 Å². The lowest BCUT2D eigenvalue weighted by Crippen LogP contribution is -2.24. The number of nitrogens with zero attached hydrogens (tertiary/aromatic N) is 5. The van der Waals surface area contributed by atoms with Gasteiger partial charge in [-0.3, -0.25) is 14.4 Å². The van der Waals surface area contributed by atoms with Crippen molar-refractivity contribution >= 4 is 23.2 Å². The molecule has 2 aliphatic carbocycles. The van der Waals surface area contributed by atoms with Gasteiger partial charge in [-0.2, -0.15) is 10.2 Å². The fourth-order valence-electron chi connectivity index (χ4n) is 6.64. The van der Waals surface area contributed by atoms with Gasteiger partial charge in [-0.1, -0.05) is 57.7 Å². The third-order valence-electron chi connectivity index (χ3n) is 8.92. The van der Waals surface area contributed by atoms with Crippen LogP contribution in [0.3, 0.4) is 0 Å². The molecule has 0 amide bonds. The average Bonchev–Trinajstić information content (AvgIpc) is 3.36. The van der Waals surface area contributed by atoms with Crippen molar-refractivity contribution in [2.24, 2.45) is 29.8 Å². The maximum atomic E-state index is 5.17. The SMILES string of the molecule is C=C/C(=C\NCC(C)C)c1cccc(Cc2c3c(nn2C)CCC2=C3C(C)C3CC3(Nc3ccn(CC)n3)N=C2)c1.[HH]. The van der Waals surface area contributed by atoms with E-state index in [1.165, 1.54) is 39.2 Å². The molecule has 3 heterocycles. The summed E-state index contributed by atoms with van der Waals surface area (Å²) in [5, 5.41) is 16.9. The van der Waals surface area contributed by atoms with Gasteiger partial charge in [0, 0.05) is 64.1 Å². The maximum Gasteiger partial charge on any atom is 0.149 e. The van der Waals surface area contributed by atoms with Gasteiger partial charge in [-0.15, -0.1) is 0 Å². The van der Waals surface area contributed by atoms with Gasteiger partial charge >= 0.3 is 0 Å². The minimum absolute atomic E-state index is 0. The number of benzene rings is 1. The Hall–Kier alpha value is -3.87. The summed E-state index contributed by atoms with van der Waals surface area (Å²) in [6.07, 6.45) is 12.0. The molecule has 1 aliphatic heterocycles. The van der Waals surface area contributed by atoms with Crippen LogP contribution < -0.4 is 10.6 Å². The predicted molar refractivity (Wildman–Crippen MR) is 171 cm³/mol. The van der Waals surface area contributed by atoms with Crippen molar-refractivity contribution in [2.75, 3.05) is 11.9 Å². The van der Waals surface area contributed by atoms with Crippen molar-refractivity contribution in [1.82, 2.24) is 24.9 Å². The molecule has 6 rings (SSSR count). The Morgan fingerprint density at radius 1 is 1.24 bits per heavy atom. The van der Waals surface area contributed by atoms with Crippen LogP contribution in [0.5, 0.6) is 0 Å². The van der Waals surface area contributed by atoms with Crippen LogP contribution in [0.4, 0.5) is 5.82 Å². The summed E-state index contributed by atoms with van der Waals surface area (Å²) in [4.78, 5) is 5.17. The second-order valence-electron chi connectivity index (χ2n) is 12.3. The lowest BCUT2D eigenvalue weighted by atomic mass is 9.79. The van der Waals surface area contributed by atoms with Gasteiger partial charge in [0.25, 0.3) is 0 Å². The molecule has 1 saturated carbocycles. The fraction of sp³-hybridized carbons (Fsp3) is 0.441. The summed E-state index contributed by atoms with van der Waals surface area (Å²) in [5.41, 5.74) is 9.99. The van der Waals surface area contributed by atoms with Crippen molar-refractivity contribution in [3.63, 3.8) is 0 Å². The molecule has 41 heavy (non-hydrogen) atoms. The first kappa shape index (κ1) is 27.3. The van der Waals surface area contributed by atoms with Crippen molar-refractivity contribution in [3.05, 3.63) is 89.0 Å². The second-order valence-corrected chi connectivity index (χ2v) is 12.3. The number of hydrogen-bond donors (Lipinski definition) is 2. The van der Waals surface area contributed by atoms with E-state index in [2.05, 4.69) is 104 Å². The topological polar surface area (TPSA) is 72.1 Å². The van der Waals surface area contributed by atoms with Crippen LogP contribution in [0.25, 0.3) is 11.1 Å². The van der Waals surface area contributed by atoms with Crippen LogP contribution in [0.1, 0.15) is 70.0 Å². The van der Waals surface area contributed by atoms with E-state index in [1.807, 2.05) is 17.0 Å². The van der Waals surface area contributed by atoms with E-state index in [1.54, 1.807) is 0 Å². The van der Waals surface area contributed by atoms with Gasteiger partial charge in [0.2, 0.25) is 0 Å². The minimum Gasteiger partial charge on any atom is -0.390 e. The number of rotatable bonds is 10. The van der Waals surface area contributed by atoms with Crippen molar-refractivity contribution in [2.45, 2.75) is 65.6 Å². The van der Waals surface area contributed by atoms with Gasteiger partial charge < -0.3 is 10.6 Å². The number of aromatic nitrogens is 4. The van der Waals surface area contributed by atoms with Crippen molar-refractivity contribution in [1.29, 1.82) is 0 Å². The van der Waals surface area contributed by atoms with Crippen LogP contribution in [0.15, 0.2) is 65.9 Å². The molecule has 1 fully saturated rings. The Kier molecular flexibility index (Phi) is 7.22. The van der Waals surface area contributed by atoms with Crippen LogP contribution >= 0.6 is 0 Å². The molecule has 3 unspecified atom stereocenters. The van der Waals surface area contributed by atoms with E-state index in [9.17, 15) is 0 Å². The molecular weight excluding hydrogens is 506 g/mol. The standard InChI is InChI=1S/C34H43N7.H2/c1-7-25(20-35-19-22(3)4)26-11-9-10-24(16-26)17-30-33-29(38-40(30)6)13-12-27-21-36-34(18-28(34)23(5)32(27)33)37-31-14-15-41(8-2)39-31;/h7,9-11,14-16,20-23,28,35H,1,8,12-13,17-19H2,2-6H3,(H,37,39);1H/b25-20+;. The Labute approximate surface area is 245 Å². The fourth-order valence-corrected chi connectivity index (χ4v) is 6.64. The zero-order valence-electron chi connectivity index (χ0n) is 25.1. The lowest BCUT2D eigenvalue weighted by Gasteiger charge is -2.24. The summed E-state index contributed by atoms with van der Waals surface area (Å²) in [7, 11) is 2.10. The first-order chi connectivity index (χ1) is 19.8. The summed E-state index contributed by atoms with van der Waals surface area (Å²) in [6.45, 7) is 14.8. The molecule has 0 saturated heterocycles. The number of nitrogens with one attached hydrogen (secondary N) is 2. The molecule has 0 spiro atoms. The van der Waals surface area contributed by atoms with Crippen LogP contribution in [0, 0.1) is 17.8 Å². The molecule has 3 atom stereocenters. The molecule has 3 aliphatic rings. The highest BCUT2D eigenvalue weighted by Crippen LogP contribution is 2.57. The Balaban J connectivity index is 0.00000353. The highest BCUT2D eigenvalue weighted by atomic mass is 15.3. The first-order valence-corrected chi connectivity index (χ1v) is 15.1. The largest absolute Gasteiger partial charge is 0.390 e. The first-order valence-electron chi connectivity index (χ1n) is 15.1. The average molecular weight is 552 g/mol. The zero-order chi connectivity index (χ0) is 28.7. The Morgan fingerprint density at radius 2 is 2.10 bits per heavy atom. The van der Waals surface area contributed by atoms with Gasteiger partial charge in [0.15, 0.2) is 0 Å². The van der Waals surface area contributed by atoms with Gasteiger partial charge in [-0.05, 0) is 65.9 Å². The monoisotopic (exact) mass is 551 g/mol. The third-order valence-corrected chi connectivity index (χ3v) is 8.92. The smallest absolute Gasteiger partial charge is 0.149 e. The number of fused-ring (bicyclic) bond motifs is 3. The second kappa shape index (κ2) is 10.8. The summed E-state index contributed by atoms with van der Waals surface area (Å²) >= 11 is 0.